The van der Waals surface area contributed by atoms with Crippen LogP contribution < -0.4 is 5.32 Å². The molecule has 0 heterocycles. The van der Waals surface area contributed by atoms with Crippen LogP contribution in [0, 0.1) is 0 Å². The van der Waals surface area contributed by atoms with Gasteiger partial charge in [-0.3, -0.25) is 4.21 Å². The first-order valence-electron chi connectivity index (χ1n) is 6.28. The number of halogens is 3. The first-order valence-corrected chi connectivity index (χ1v) is 7.60. The minimum absolute atomic E-state index is 0.279. The molecule has 0 spiro atoms. The fourth-order valence-electron chi connectivity index (χ4n) is 1.68. The molecule has 0 aromatic heterocycles. The molecule has 1 N–H and O–H groups in total. The van der Waals surface area contributed by atoms with E-state index in [1.165, 1.54) is 6.07 Å². The Hall–Kier alpha value is -0.880. The Morgan fingerprint density at radius 1 is 1.25 bits per heavy atom. The summed E-state index contributed by atoms with van der Waals surface area (Å²) in [6, 6.07) is 4.79. The van der Waals surface area contributed by atoms with E-state index in [-0.39, 0.29) is 11.8 Å². The molecule has 1 aromatic carbocycles. The highest BCUT2D eigenvalue weighted by Gasteiger charge is 2.31. The third-order valence-electron chi connectivity index (χ3n) is 2.97. The SMILES string of the molecule is CNC(CS(=O)C(C)(C)C)c1cccc(C(F)(F)F)c1. The van der Waals surface area contributed by atoms with Crippen LogP contribution in [0.5, 0.6) is 0 Å². The lowest BCUT2D eigenvalue weighted by molar-refractivity contribution is -0.137. The number of hydrogen-bond acceptors (Lipinski definition) is 2. The van der Waals surface area contributed by atoms with Crippen LogP contribution >= 0.6 is 0 Å². The van der Waals surface area contributed by atoms with E-state index in [2.05, 4.69) is 5.32 Å². The van der Waals surface area contributed by atoms with Crippen LogP contribution in [-0.4, -0.2) is 21.8 Å². The van der Waals surface area contributed by atoms with Crippen LogP contribution in [0.25, 0.3) is 0 Å². The average Bonchev–Trinajstić information content (AvgIpc) is 2.33. The summed E-state index contributed by atoms with van der Waals surface area (Å²) >= 11 is 0. The van der Waals surface area contributed by atoms with Crippen molar-refractivity contribution in [3.8, 4) is 0 Å². The molecule has 0 saturated carbocycles. The molecule has 2 nitrogen and oxygen atoms in total. The van der Waals surface area contributed by atoms with Crippen LogP contribution in [0.1, 0.15) is 37.9 Å². The van der Waals surface area contributed by atoms with Gasteiger partial charge in [0.2, 0.25) is 0 Å². The van der Waals surface area contributed by atoms with E-state index in [4.69, 9.17) is 0 Å². The molecule has 2 unspecified atom stereocenters. The minimum Gasteiger partial charge on any atom is -0.312 e. The monoisotopic (exact) mass is 307 g/mol. The molecule has 1 aromatic rings. The van der Waals surface area contributed by atoms with Crippen molar-refractivity contribution in [1.82, 2.24) is 5.32 Å². The molecule has 0 amide bonds. The van der Waals surface area contributed by atoms with E-state index >= 15 is 0 Å². The molecule has 6 heteroatoms. The molecule has 114 valence electrons. The van der Waals surface area contributed by atoms with Gasteiger partial charge in [0, 0.05) is 27.3 Å². The highest BCUT2D eigenvalue weighted by molar-refractivity contribution is 7.86. The average molecular weight is 307 g/mol. The maximum Gasteiger partial charge on any atom is 0.416 e. The lowest BCUT2D eigenvalue weighted by atomic mass is 10.1. The van der Waals surface area contributed by atoms with E-state index in [9.17, 15) is 17.4 Å². The molecule has 0 radical (unpaired) electrons. The molecule has 1 rings (SSSR count). The molecular weight excluding hydrogens is 287 g/mol. The molecule has 0 fully saturated rings. The number of benzene rings is 1. The quantitative estimate of drug-likeness (QED) is 0.922. The van der Waals surface area contributed by atoms with E-state index in [0.29, 0.717) is 5.56 Å². The van der Waals surface area contributed by atoms with Crippen molar-refractivity contribution in [3.05, 3.63) is 35.4 Å². The first kappa shape index (κ1) is 17.2. The molecule has 2 atom stereocenters. The Balaban J connectivity index is 2.99. The van der Waals surface area contributed by atoms with Gasteiger partial charge in [-0.25, -0.2) is 0 Å². The Morgan fingerprint density at radius 3 is 2.30 bits per heavy atom. The lowest BCUT2D eigenvalue weighted by Crippen LogP contribution is -2.31. The molecule has 20 heavy (non-hydrogen) atoms. The second kappa shape index (κ2) is 6.26. The van der Waals surface area contributed by atoms with Crippen LogP contribution in [0.15, 0.2) is 24.3 Å². The lowest BCUT2D eigenvalue weighted by Gasteiger charge is -2.23. The summed E-state index contributed by atoms with van der Waals surface area (Å²) in [4.78, 5) is 0. The third kappa shape index (κ3) is 4.59. The van der Waals surface area contributed by atoms with Gasteiger partial charge in [0.1, 0.15) is 0 Å². The van der Waals surface area contributed by atoms with Crippen molar-refractivity contribution in [2.45, 2.75) is 37.7 Å². The van der Waals surface area contributed by atoms with E-state index in [1.807, 2.05) is 20.8 Å². The molecule has 0 aliphatic rings. The van der Waals surface area contributed by atoms with Gasteiger partial charge in [-0.2, -0.15) is 13.2 Å². The normalized spacial score (nSPS) is 15.9. The van der Waals surface area contributed by atoms with Crippen molar-refractivity contribution in [3.63, 3.8) is 0 Å². The van der Waals surface area contributed by atoms with Crippen LogP contribution in [0.3, 0.4) is 0 Å². The third-order valence-corrected chi connectivity index (χ3v) is 4.97. The predicted molar refractivity (Wildman–Crippen MR) is 76.0 cm³/mol. The molecule has 0 bridgehead atoms. The maximum atomic E-state index is 12.7. The number of alkyl halides is 3. The Kier molecular flexibility index (Phi) is 5.38. The standard InChI is InChI=1S/C14H20F3NOS/c1-13(2,3)20(19)9-12(18-4)10-6-5-7-11(8-10)14(15,16)17/h5-8,12,18H,9H2,1-4H3. The Morgan fingerprint density at radius 2 is 1.85 bits per heavy atom. The zero-order valence-electron chi connectivity index (χ0n) is 12.0. The zero-order chi connectivity index (χ0) is 15.6. The summed E-state index contributed by atoms with van der Waals surface area (Å²) in [6.07, 6.45) is -4.36. The zero-order valence-corrected chi connectivity index (χ0v) is 12.9. The molecule has 0 aliphatic carbocycles. The highest BCUT2D eigenvalue weighted by atomic mass is 32.2. The van der Waals surface area contributed by atoms with Crippen LogP contribution in [0.2, 0.25) is 0 Å². The predicted octanol–water partition coefficient (Wildman–Crippen LogP) is 3.51. The minimum atomic E-state index is -4.36. The first-order chi connectivity index (χ1) is 9.05. The number of nitrogens with one attached hydrogen (secondary N) is 1. The summed E-state index contributed by atoms with van der Waals surface area (Å²) < 4.78 is 49.9. The summed E-state index contributed by atoms with van der Waals surface area (Å²) in [5.41, 5.74) is -0.184. The highest BCUT2D eigenvalue weighted by Crippen LogP contribution is 2.31. The topological polar surface area (TPSA) is 29.1 Å². The summed E-state index contributed by atoms with van der Waals surface area (Å²) in [6.45, 7) is 5.55. The van der Waals surface area contributed by atoms with Crippen molar-refractivity contribution in [2.24, 2.45) is 0 Å². The van der Waals surface area contributed by atoms with Gasteiger partial charge in [-0.15, -0.1) is 0 Å². The second-order valence-corrected chi connectivity index (χ2v) is 7.84. The Labute approximate surface area is 120 Å². The number of rotatable bonds is 4. The van der Waals surface area contributed by atoms with Gasteiger partial charge in [-0.1, -0.05) is 12.1 Å². The van der Waals surface area contributed by atoms with Gasteiger partial charge in [0.15, 0.2) is 0 Å². The van der Waals surface area contributed by atoms with E-state index in [1.54, 1.807) is 13.1 Å². The molecule has 0 aliphatic heterocycles. The van der Waals surface area contributed by atoms with Gasteiger partial charge < -0.3 is 5.32 Å². The largest absolute Gasteiger partial charge is 0.416 e. The Bertz CT molecular complexity index is 480. The fourth-order valence-corrected chi connectivity index (χ4v) is 2.84. The van der Waals surface area contributed by atoms with Gasteiger partial charge in [-0.05, 0) is 45.5 Å². The van der Waals surface area contributed by atoms with Crippen molar-refractivity contribution >= 4 is 10.8 Å². The fraction of sp³-hybridized carbons (Fsp3) is 0.571. The molecular formula is C14H20F3NOS. The van der Waals surface area contributed by atoms with Gasteiger partial charge >= 0.3 is 6.18 Å². The molecule has 0 saturated heterocycles. The van der Waals surface area contributed by atoms with Crippen molar-refractivity contribution < 1.29 is 17.4 Å². The van der Waals surface area contributed by atoms with Crippen molar-refractivity contribution in [2.75, 3.05) is 12.8 Å². The van der Waals surface area contributed by atoms with E-state index < -0.39 is 27.3 Å². The summed E-state index contributed by atoms with van der Waals surface area (Å²) in [5, 5.41) is 2.94. The number of hydrogen-bond donors (Lipinski definition) is 1. The van der Waals surface area contributed by atoms with Crippen LogP contribution in [0.4, 0.5) is 13.2 Å². The smallest absolute Gasteiger partial charge is 0.312 e. The van der Waals surface area contributed by atoms with Crippen LogP contribution in [-0.2, 0) is 17.0 Å². The second-order valence-electron chi connectivity index (χ2n) is 5.59. The van der Waals surface area contributed by atoms with Crippen molar-refractivity contribution in [1.29, 1.82) is 0 Å². The summed E-state index contributed by atoms with van der Waals surface area (Å²) in [7, 11) is 0.518. The summed E-state index contributed by atoms with van der Waals surface area (Å²) in [5.74, 6) is 0.279. The van der Waals surface area contributed by atoms with Gasteiger partial charge in [0.25, 0.3) is 0 Å². The van der Waals surface area contributed by atoms with E-state index in [0.717, 1.165) is 12.1 Å². The maximum absolute atomic E-state index is 12.7. The van der Waals surface area contributed by atoms with Gasteiger partial charge in [0.05, 0.1) is 5.56 Å².